The van der Waals surface area contributed by atoms with Gasteiger partial charge in [-0.3, -0.25) is 4.57 Å². The summed E-state index contributed by atoms with van der Waals surface area (Å²) >= 11 is 0. The van der Waals surface area contributed by atoms with Crippen LogP contribution >= 0.6 is 0 Å². The summed E-state index contributed by atoms with van der Waals surface area (Å²) in [5, 5.41) is 0. The van der Waals surface area contributed by atoms with E-state index in [4.69, 9.17) is 4.98 Å². The highest BCUT2D eigenvalue weighted by Gasteiger charge is 2.41. The van der Waals surface area contributed by atoms with E-state index in [1.54, 1.807) is 0 Å². The smallest absolute Gasteiger partial charge is 0.144 e. The van der Waals surface area contributed by atoms with Gasteiger partial charge in [0.05, 0.1) is 5.69 Å². The number of hydrogen-bond acceptors (Lipinski definition) is 1. The van der Waals surface area contributed by atoms with Crippen LogP contribution in [0.1, 0.15) is 109 Å². The van der Waals surface area contributed by atoms with Crippen molar-refractivity contribution in [2.24, 2.45) is 5.41 Å². The first kappa shape index (κ1) is 32.5. The minimum absolute atomic E-state index is 0.0286. The number of aromatic nitrogens is 2. The fraction of sp³-hybridized carbons (Fsp3) is 0.372. The molecule has 0 fully saturated rings. The number of rotatable bonds is 8. The predicted molar refractivity (Wildman–Crippen MR) is 195 cm³/mol. The second-order valence-corrected chi connectivity index (χ2v) is 14.8. The van der Waals surface area contributed by atoms with Gasteiger partial charge in [-0.25, -0.2) is 4.98 Å². The van der Waals surface area contributed by atoms with Crippen molar-refractivity contribution in [1.82, 2.24) is 9.55 Å². The fourth-order valence-electron chi connectivity index (χ4n) is 6.80. The molecule has 5 aromatic rings. The summed E-state index contributed by atoms with van der Waals surface area (Å²) in [6, 6.07) is 31.3. The van der Waals surface area contributed by atoms with Crippen molar-refractivity contribution < 1.29 is 0 Å². The van der Waals surface area contributed by atoms with Gasteiger partial charge in [-0.1, -0.05) is 141 Å². The summed E-state index contributed by atoms with van der Waals surface area (Å²) in [4.78, 5) is 5.27. The molecule has 1 heterocycles. The summed E-state index contributed by atoms with van der Waals surface area (Å²) in [5.41, 5.74) is 14.0. The maximum atomic E-state index is 5.27. The fourth-order valence-corrected chi connectivity index (χ4v) is 6.80. The van der Waals surface area contributed by atoms with Gasteiger partial charge in [-0.05, 0) is 88.1 Å². The molecule has 4 aromatic carbocycles. The lowest BCUT2D eigenvalue weighted by Crippen LogP contribution is -2.38. The van der Waals surface area contributed by atoms with E-state index >= 15 is 0 Å². The first-order valence-electron chi connectivity index (χ1n) is 16.8. The molecule has 0 saturated carbocycles. The van der Waals surface area contributed by atoms with Gasteiger partial charge in [0.15, 0.2) is 0 Å². The second-order valence-electron chi connectivity index (χ2n) is 14.8. The molecule has 0 aliphatic heterocycles. The largest absolute Gasteiger partial charge is 0.296 e. The molecule has 0 aliphatic carbocycles. The molecule has 0 spiro atoms. The van der Waals surface area contributed by atoms with Gasteiger partial charge >= 0.3 is 0 Å². The van der Waals surface area contributed by atoms with Crippen LogP contribution in [-0.4, -0.2) is 9.55 Å². The highest BCUT2D eigenvalue weighted by Crippen LogP contribution is 2.48. The third-order valence-corrected chi connectivity index (χ3v) is 10.4. The zero-order valence-corrected chi connectivity index (χ0v) is 29.4. The number of imidazole rings is 1. The van der Waals surface area contributed by atoms with Gasteiger partial charge in [0, 0.05) is 22.9 Å². The molecule has 0 radical (unpaired) electrons. The first-order valence-corrected chi connectivity index (χ1v) is 16.8. The van der Waals surface area contributed by atoms with Crippen molar-refractivity contribution in [2.75, 3.05) is 0 Å². The van der Waals surface area contributed by atoms with Crippen molar-refractivity contribution in [3.05, 3.63) is 119 Å². The van der Waals surface area contributed by atoms with Crippen LogP contribution in [0.25, 0.3) is 39.3 Å². The predicted octanol–water partition coefficient (Wildman–Crippen LogP) is 12.5. The highest BCUT2D eigenvalue weighted by atomic mass is 15.1. The van der Waals surface area contributed by atoms with Gasteiger partial charge in [0.1, 0.15) is 5.82 Å². The lowest BCUT2D eigenvalue weighted by atomic mass is 9.64. The van der Waals surface area contributed by atoms with Crippen LogP contribution in [0.3, 0.4) is 0 Å². The van der Waals surface area contributed by atoms with Crippen LogP contribution < -0.4 is 0 Å². The number of nitrogens with zero attached hydrogens (tertiary/aromatic N) is 2. The van der Waals surface area contributed by atoms with Crippen LogP contribution in [0.2, 0.25) is 0 Å². The average molecular weight is 597 g/mol. The Morgan fingerprint density at radius 2 is 1.27 bits per heavy atom. The van der Waals surface area contributed by atoms with Crippen LogP contribution in [0.4, 0.5) is 0 Å². The monoisotopic (exact) mass is 596 g/mol. The molecular formula is C43H52N2. The number of benzene rings is 4. The van der Waals surface area contributed by atoms with Gasteiger partial charge in [0.2, 0.25) is 0 Å². The molecule has 0 aliphatic rings. The average Bonchev–Trinajstić information content (AvgIpc) is 3.46. The Kier molecular flexibility index (Phi) is 9.00. The molecule has 1 aromatic heterocycles. The maximum Gasteiger partial charge on any atom is 0.144 e. The van der Waals surface area contributed by atoms with Gasteiger partial charge < -0.3 is 0 Å². The van der Waals surface area contributed by atoms with E-state index in [1.165, 1.54) is 61.5 Å². The molecule has 45 heavy (non-hydrogen) atoms. The van der Waals surface area contributed by atoms with Gasteiger partial charge in [-0.2, -0.15) is 0 Å². The molecule has 0 amide bonds. The standard InChI is InChI=1S/C43H52N2/c1-12-43(11,42(8,9)10)38-27-44-41(35-19-18-30(6)31(7)26-35)45(38)40-36(28(2)3)24-25-37(39(40)29(4)5)34-22-20-33(21-23-34)32-16-14-13-15-17-32/h13-29H,12H2,1-11H3. The summed E-state index contributed by atoms with van der Waals surface area (Å²) in [6.07, 6.45) is 3.19. The van der Waals surface area contributed by atoms with Crippen LogP contribution in [0.5, 0.6) is 0 Å². The summed E-state index contributed by atoms with van der Waals surface area (Å²) in [6.45, 7) is 25.6. The third-order valence-electron chi connectivity index (χ3n) is 10.4. The minimum Gasteiger partial charge on any atom is -0.296 e. The van der Waals surface area contributed by atoms with Gasteiger partial charge in [0.25, 0.3) is 0 Å². The summed E-state index contributed by atoms with van der Waals surface area (Å²) in [5.74, 6) is 1.67. The van der Waals surface area contributed by atoms with E-state index in [1.807, 2.05) is 0 Å². The maximum absolute atomic E-state index is 5.27. The Morgan fingerprint density at radius 3 is 1.82 bits per heavy atom. The Morgan fingerprint density at radius 1 is 0.667 bits per heavy atom. The normalized spacial score (nSPS) is 13.4. The molecule has 1 unspecified atom stereocenters. The zero-order valence-electron chi connectivity index (χ0n) is 29.4. The van der Waals surface area contributed by atoms with Crippen molar-refractivity contribution in [1.29, 1.82) is 0 Å². The Balaban J connectivity index is 1.86. The van der Waals surface area contributed by atoms with Crippen molar-refractivity contribution in [3.63, 3.8) is 0 Å². The van der Waals surface area contributed by atoms with E-state index < -0.39 is 0 Å². The Hall–Kier alpha value is -3.91. The zero-order chi connectivity index (χ0) is 32.7. The van der Waals surface area contributed by atoms with Gasteiger partial charge in [-0.15, -0.1) is 0 Å². The van der Waals surface area contributed by atoms with E-state index in [0.29, 0.717) is 11.8 Å². The number of aryl methyl sites for hydroxylation is 2. The molecule has 2 nitrogen and oxygen atoms in total. The molecule has 2 heteroatoms. The second kappa shape index (κ2) is 12.5. The van der Waals surface area contributed by atoms with E-state index in [9.17, 15) is 0 Å². The lowest BCUT2D eigenvalue weighted by molar-refractivity contribution is 0.188. The van der Waals surface area contributed by atoms with E-state index in [-0.39, 0.29) is 10.8 Å². The minimum atomic E-state index is -0.103. The summed E-state index contributed by atoms with van der Waals surface area (Å²) < 4.78 is 2.56. The van der Waals surface area contributed by atoms with Crippen molar-refractivity contribution in [3.8, 4) is 39.3 Å². The Bertz CT molecular complexity index is 1780. The molecule has 0 N–H and O–H groups in total. The quantitative estimate of drug-likeness (QED) is 0.174. The van der Waals surface area contributed by atoms with Crippen LogP contribution in [0, 0.1) is 19.3 Å². The number of hydrogen-bond donors (Lipinski definition) is 0. The molecule has 5 rings (SSSR count). The highest BCUT2D eigenvalue weighted by molar-refractivity contribution is 5.78. The Labute approximate surface area is 272 Å². The van der Waals surface area contributed by atoms with E-state index in [2.05, 4.69) is 172 Å². The van der Waals surface area contributed by atoms with Crippen molar-refractivity contribution >= 4 is 0 Å². The molecule has 0 bridgehead atoms. The third kappa shape index (κ3) is 5.92. The van der Waals surface area contributed by atoms with E-state index in [0.717, 1.165) is 12.2 Å². The molecule has 0 saturated heterocycles. The summed E-state index contributed by atoms with van der Waals surface area (Å²) in [7, 11) is 0. The molecular weight excluding hydrogens is 544 g/mol. The first-order chi connectivity index (χ1) is 21.3. The molecule has 234 valence electrons. The van der Waals surface area contributed by atoms with Crippen LogP contribution in [-0.2, 0) is 5.41 Å². The van der Waals surface area contributed by atoms with Crippen molar-refractivity contribution in [2.45, 2.75) is 99.8 Å². The lowest BCUT2D eigenvalue weighted by Gasteiger charge is -2.42. The van der Waals surface area contributed by atoms with Crippen LogP contribution in [0.15, 0.2) is 91.1 Å². The molecule has 1 atom stereocenters. The topological polar surface area (TPSA) is 17.8 Å². The SMILES string of the molecule is CCC(C)(c1cnc(-c2ccc(C)c(C)c2)n1-c1c(C(C)C)ccc(-c2ccc(-c3ccccc3)cc2)c1C(C)C)C(C)(C)C.